The highest BCUT2D eigenvalue weighted by Crippen LogP contribution is 2.22. The third kappa shape index (κ3) is 4.53. The Hall–Kier alpha value is -0.910. The number of aryl methyl sites for hydroxylation is 3. The Bertz CT molecular complexity index is 554. The maximum Gasteiger partial charge on any atom is 0.241 e. The predicted octanol–water partition coefficient (Wildman–Crippen LogP) is 2.69. The van der Waals surface area contributed by atoms with E-state index < -0.39 is 16.1 Å². The second-order valence-electron chi connectivity index (χ2n) is 5.72. The van der Waals surface area contributed by atoms with E-state index in [1.54, 1.807) is 13.8 Å². The number of hydrogen-bond acceptors (Lipinski definition) is 3. The van der Waals surface area contributed by atoms with Crippen LogP contribution in [0.5, 0.6) is 0 Å². The van der Waals surface area contributed by atoms with E-state index in [4.69, 9.17) is 0 Å². The molecule has 0 heterocycles. The number of nitrogens with one attached hydrogen (secondary N) is 1. The zero-order valence-corrected chi connectivity index (χ0v) is 14.4. The fraction of sp³-hybridized carbons (Fsp3) is 0.625. The number of aliphatic hydroxyl groups is 1. The van der Waals surface area contributed by atoms with E-state index in [0.29, 0.717) is 4.90 Å². The molecule has 120 valence electrons. The van der Waals surface area contributed by atoms with Crippen LogP contribution in [-0.4, -0.2) is 26.2 Å². The Labute approximate surface area is 128 Å². The van der Waals surface area contributed by atoms with Crippen molar-refractivity contribution in [3.63, 3.8) is 0 Å². The molecule has 0 radical (unpaired) electrons. The summed E-state index contributed by atoms with van der Waals surface area (Å²) in [4.78, 5) is 0.324. The molecule has 0 spiro atoms. The number of aliphatic hydroxyl groups excluding tert-OH is 1. The minimum absolute atomic E-state index is 0.0570. The number of sulfonamides is 1. The van der Waals surface area contributed by atoms with Crippen LogP contribution in [0.3, 0.4) is 0 Å². The van der Waals surface area contributed by atoms with Crippen LogP contribution in [0.15, 0.2) is 17.0 Å². The minimum atomic E-state index is -3.59. The van der Waals surface area contributed by atoms with Crippen molar-refractivity contribution in [3.8, 4) is 0 Å². The average Bonchev–Trinajstić information content (AvgIpc) is 2.36. The molecule has 2 N–H and O–H groups in total. The maximum atomic E-state index is 12.5. The van der Waals surface area contributed by atoms with Gasteiger partial charge >= 0.3 is 0 Å². The summed E-state index contributed by atoms with van der Waals surface area (Å²) in [5, 5.41) is 10.1. The summed E-state index contributed by atoms with van der Waals surface area (Å²) >= 11 is 0. The summed E-state index contributed by atoms with van der Waals surface area (Å²) in [6.07, 6.45) is 1.02. The lowest BCUT2D eigenvalue weighted by molar-refractivity contribution is 0.107. The fourth-order valence-corrected chi connectivity index (χ4v) is 4.36. The van der Waals surface area contributed by atoms with Gasteiger partial charge in [-0.05, 0) is 37.8 Å². The van der Waals surface area contributed by atoms with E-state index in [0.717, 1.165) is 29.5 Å². The lowest BCUT2D eigenvalue weighted by Gasteiger charge is -2.21. The molecular formula is C16H27NO3S. The first-order valence-corrected chi connectivity index (χ1v) is 8.96. The largest absolute Gasteiger partial charge is 0.391 e. The van der Waals surface area contributed by atoms with Crippen LogP contribution >= 0.6 is 0 Å². The van der Waals surface area contributed by atoms with Gasteiger partial charge in [-0.2, -0.15) is 0 Å². The van der Waals surface area contributed by atoms with Gasteiger partial charge in [-0.15, -0.1) is 0 Å². The Balaban J connectivity index is 2.93. The summed E-state index contributed by atoms with van der Waals surface area (Å²) < 4.78 is 27.5. The van der Waals surface area contributed by atoms with Gasteiger partial charge in [0.2, 0.25) is 10.0 Å². The standard InChI is InChI=1S/C16H27NO3S/c1-6-14(7-2)15(18)10-17-21(19,20)16-12(4)8-11(3)9-13(16)5/h8-9,14-15,17-18H,6-7,10H2,1-5H3. The van der Waals surface area contributed by atoms with Crippen LogP contribution in [0.4, 0.5) is 0 Å². The van der Waals surface area contributed by atoms with Crippen molar-refractivity contribution in [2.45, 2.75) is 58.5 Å². The van der Waals surface area contributed by atoms with Crippen LogP contribution in [0, 0.1) is 26.7 Å². The lowest BCUT2D eigenvalue weighted by Crippen LogP contribution is -2.36. The lowest BCUT2D eigenvalue weighted by atomic mass is 9.97. The van der Waals surface area contributed by atoms with E-state index >= 15 is 0 Å². The minimum Gasteiger partial charge on any atom is -0.391 e. The molecule has 0 aromatic heterocycles. The first-order chi connectivity index (χ1) is 9.72. The van der Waals surface area contributed by atoms with Crippen molar-refractivity contribution in [1.29, 1.82) is 0 Å². The van der Waals surface area contributed by atoms with Gasteiger partial charge in [0.05, 0.1) is 11.0 Å². The highest BCUT2D eigenvalue weighted by atomic mass is 32.2. The molecule has 1 aromatic rings. The van der Waals surface area contributed by atoms with Crippen molar-refractivity contribution in [3.05, 3.63) is 28.8 Å². The average molecular weight is 313 g/mol. The maximum absolute atomic E-state index is 12.5. The van der Waals surface area contributed by atoms with Gasteiger partial charge in [-0.3, -0.25) is 0 Å². The highest BCUT2D eigenvalue weighted by Gasteiger charge is 2.23. The highest BCUT2D eigenvalue weighted by molar-refractivity contribution is 7.89. The number of benzene rings is 1. The topological polar surface area (TPSA) is 66.4 Å². The van der Waals surface area contributed by atoms with Crippen LogP contribution in [0.25, 0.3) is 0 Å². The smallest absolute Gasteiger partial charge is 0.241 e. The van der Waals surface area contributed by atoms with E-state index in [2.05, 4.69) is 4.72 Å². The second kappa shape index (κ2) is 7.38. The van der Waals surface area contributed by atoms with E-state index in [9.17, 15) is 13.5 Å². The molecule has 0 fully saturated rings. The molecule has 5 heteroatoms. The van der Waals surface area contributed by atoms with Crippen LogP contribution in [0.1, 0.15) is 43.4 Å². The van der Waals surface area contributed by atoms with E-state index in [-0.39, 0.29) is 12.5 Å². The van der Waals surface area contributed by atoms with Crippen molar-refractivity contribution in [2.75, 3.05) is 6.54 Å². The molecule has 1 aromatic carbocycles. The second-order valence-corrected chi connectivity index (χ2v) is 7.43. The van der Waals surface area contributed by atoms with Crippen molar-refractivity contribution >= 4 is 10.0 Å². The Morgan fingerprint density at radius 1 is 1.10 bits per heavy atom. The summed E-state index contributed by atoms with van der Waals surface area (Å²) in [5.41, 5.74) is 2.51. The molecule has 1 rings (SSSR count). The summed E-state index contributed by atoms with van der Waals surface area (Å²) in [6, 6.07) is 3.72. The third-order valence-electron chi connectivity index (χ3n) is 3.95. The molecular weight excluding hydrogens is 286 g/mol. The van der Waals surface area contributed by atoms with Gasteiger partial charge in [-0.1, -0.05) is 44.4 Å². The molecule has 0 saturated carbocycles. The van der Waals surface area contributed by atoms with Gasteiger partial charge in [0.25, 0.3) is 0 Å². The molecule has 21 heavy (non-hydrogen) atoms. The zero-order chi connectivity index (χ0) is 16.2. The van der Waals surface area contributed by atoms with Gasteiger partial charge in [0.15, 0.2) is 0 Å². The molecule has 0 aliphatic heterocycles. The molecule has 0 amide bonds. The molecule has 1 atom stereocenters. The van der Waals surface area contributed by atoms with E-state index in [1.807, 2.05) is 32.9 Å². The first kappa shape index (κ1) is 18.1. The van der Waals surface area contributed by atoms with Crippen LogP contribution in [0.2, 0.25) is 0 Å². The third-order valence-corrected chi connectivity index (χ3v) is 5.68. The van der Waals surface area contributed by atoms with Gasteiger partial charge in [0, 0.05) is 6.54 Å². The van der Waals surface area contributed by atoms with Crippen molar-refractivity contribution in [2.24, 2.45) is 5.92 Å². The monoisotopic (exact) mass is 313 g/mol. The van der Waals surface area contributed by atoms with Crippen molar-refractivity contribution in [1.82, 2.24) is 4.72 Å². The number of rotatable bonds is 7. The molecule has 0 saturated heterocycles. The molecule has 4 nitrogen and oxygen atoms in total. The SMILES string of the molecule is CCC(CC)C(O)CNS(=O)(=O)c1c(C)cc(C)cc1C. The van der Waals surface area contributed by atoms with Crippen LogP contribution < -0.4 is 4.72 Å². The first-order valence-electron chi connectivity index (χ1n) is 7.48. The zero-order valence-electron chi connectivity index (χ0n) is 13.6. The van der Waals surface area contributed by atoms with E-state index in [1.165, 1.54) is 0 Å². The summed E-state index contributed by atoms with van der Waals surface area (Å²) in [7, 11) is -3.59. The molecule has 1 unspecified atom stereocenters. The molecule has 0 aliphatic carbocycles. The summed E-state index contributed by atoms with van der Waals surface area (Å²) in [5.74, 6) is 0.118. The Morgan fingerprint density at radius 3 is 2.00 bits per heavy atom. The number of hydrogen-bond donors (Lipinski definition) is 2. The molecule has 0 bridgehead atoms. The molecule has 0 aliphatic rings. The fourth-order valence-electron chi connectivity index (χ4n) is 2.86. The van der Waals surface area contributed by atoms with Crippen molar-refractivity contribution < 1.29 is 13.5 Å². The Morgan fingerprint density at radius 2 is 1.57 bits per heavy atom. The van der Waals surface area contributed by atoms with Crippen LogP contribution in [-0.2, 0) is 10.0 Å². The normalized spacial score (nSPS) is 13.7. The Kier molecular flexibility index (Phi) is 6.38. The van der Waals surface area contributed by atoms with Gasteiger partial charge in [-0.25, -0.2) is 13.1 Å². The summed E-state index contributed by atoms with van der Waals surface area (Å²) in [6.45, 7) is 9.60. The predicted molar refractivity (Wildman–Crippen MR) is 85.9 cm³/mol. The quantitative estimate of drug-likeness (QED) is 0.813. The van der Waals surface area contributed by atoms with Gasteiger partial charge < -0.3 is 5.11 Å². The van der Waals surface area contributed by atoms with Gasteiger partial charge in [0.1, 0.15) is 0 Å².